The molecule has 0 aromatic heterocycles. The van der Waals surface area contributed by atoms with Gasteiger partial charge >= 0.3 is 0 Å². The van der Waals surface area contributed by atoms with E-state index in [-0.39, 0.29) is 12.3 Å². The predicted molar refractivity (Wildman–Crippen MR) is 61.5 cm³/mol. The van der Waals surface area contributed by atoms with E-state index in [1.165, 1.54) is 6.08 Å². The first kappa shape index (κ1) is 15.1. The Kier molecular flexibility index (Phi) is 8.77. The third kappa shape index (κ3) is 7.37. The Labute approximate surface area is 96.3 Å². The molecule has 4 heteroatoms. The third-order valence-electron chi connectivity index (χ3n) is 2.37. The first-order valence-electron chi connectivity index (χ1n) is 5.81. The molecule has 0 aliphatic heterocycles. The predicted octanol–water partition coefficient (Wildman–Crippen LogP) is 3.24. The second kappa shape index (κ2) is 9.31. The molecule has 0 bridgehead atoms. The van der Waals surface area contributed by atoms with Crippen LogP contribution in [0.3, 0.4) is 0 Å². The van der Waals surface area contributed by atoms with E-state index in [0.717, 1.165) is 12.8 Å². The van der Waals surface area contributed by atoms with E-state index in [2.05, 4.69) is 6.58 Å². The van der Waals surface area contributed by atoms with Gasteiger partial charge in [0.2, 0.25) is 12.3 Å². The van der Waals surface area contributed by atoms with Crippen molar-refractivity contribution < 1.29 is 13.6 Å². The molecule has 0 spiro atoms. The van der Waals surface area contributed by atoms with E-state index in [1.54, 1.807) is 4.90 Å². The molecule has 94 valence electrons. The van der Waals surface area contributed by atoms with Crippen molar-refractivity contribution in [1.29, 1.82) is 0 Å². The van der Waals surface area contributed by atoms with Crippen molar-refractivity contribution >= 4 is 5.91 Å². The summed E-state index contributed by atoms with van der Waals surface area (Å²) in [6.45, 7) is 6.73. The van der Waals surface area contributed by atoms with Crippen LogP contribution < -0.4 is 0 Å². The van der Waals surface area contributed by atoms with Crippen LogP contribution in [0.5, 0.6) is 0 Å². The van der Waals surface area contributed by atoms with Crippen molar-refractivity contribution in [2.45, 2.75) is 45.5 Å². The Bertz CT molecular complexity index is 207. The van der Waals surface area contributed by atoms with Crippen LogP contribution in [0.4, 0.5) is 8.78 Å². The molecule has 0 fully saturated rings. The number of nitrogens with zero attached hydrogens (tertiary/aromatic N) is 1. The van der Waals surface area contributed by atoms with Gasteiger partial charge in [-0.3, -0.25) is 4.79 Å². The van der Waals surface area contributed by atoms with Crippen molar-refractivity contribution in [1.82, 2.24) is 4.90 Å². The van der Waals surface area contributed by atoms with Gasteiger partial charge in [-0.15, -0.1) is 0 Å². The smallest absolute Gasteiger partial charge is 0.245 e. The number of amides is 1. The average Bonchev–Trinajstić information content (AvgIpc) is 2.26. The Morgan fingerprint density at radius 3 is 2.44 bits per heavy atom. The molecule has 0 radical (unpaired) electrons. The lowest BCUT2D eigenvalue weighted by atomic mass is 10.2. The molecule has 0 saturated carbocycles. The molecule has 0 aromatic carbocycles. The van der Waals surface area contributed by atoms with Gasteiger partial charge in [0, 0.05) is 19.5 Å². The van der Waals surface area contributed by atoms with Crippen molar-refractivity contribution in [3.63, 3.8) is 0 Å². The summed E-state index contributed by atoms with van der Waals surface area (Å²) in [5.41, 5.74) is 0. The minimum Gasteiger partial charge on any atom is -0.339 e. The molecular formula is C12H21F2NO. The second-order valence-corrected chi connectivity index (χ2v) is 3.77. The Morgan fingerprint density at radius 2 is 1.94 bits per heavy atom. The van der Waals surface area contributed by atoms with Crippen LogP contribution in [-0.4, -0.2) is 30.3 Å². The van der Waals surface area contributed by atoms with E-state index in [1.807, 2.05) is 6.92 Å². The number of carbonyl (C=O) groups excluding carboxylic acids is 1. The molecule has 16 heavy (non-hydrogen) atoms. The van der Waals surface area contributed by atoms with Crippen molar-refractivity contribution in [2.75, 3.05) is 13.1 Å². The summed E-state index contributed by atoms with van der Waals surface area (Å²) >= 11 is 0. The van der Waals surface area contributed by atoms with Gasteiger partial charge in [0.15, 0.2) is 0 Å². The normalized spacial score (nSPS) is 10.5. The number of halogens is 2. The number of hydrogen-bond acceptors (Lipinski definition) is 1. The van der Waals surface area contributed by atoms with Gasteiger partial charge in [-0.25, -0.2) is 8.78 Å². The zero-order valence-electron chi connectivity index (χ0n) is 9.92. The van der Waals surface area contributed by atoms with E-state index >= 15 is 0 Å². The standard InChI is InChI=1S/C12H21F2NO/c1-3-5-9-15(12(16)4-2)10-7-6-8-11(13)14/h4,11H,2-3,5-10H2,1H3. The lowest BCUT2D eigenvalue weighted by Gasteiger charge is -2.20. The fourth-order valence-corrected chi connectivity index (χ4v) is 1.41. The molecule has 0 rings (SSSR count). The molecule has 0 atom stereocenters. The molecule has 1 amide bonds. The van der Waals surface area contributed by atoms with Gasteiger partial charge in [0.1, 0.15) is 0 Å². The monoisotopic (exact) mass is 233 g/mol. The number of rotatable bonds is 9. The second-order valence-electron chi connectivity index (χ2n) is 3.77. The summed E-state index contributed by atoms with van der Waals surface area (Å²) in [5.74, 6) is -0.106. The quantitative estimate of drug-likeness (QED) is 0.442. The maximum atomic E-state index is 11.9. The summed E-state index contributed by atoms with van der Waals surface area (Å²) in [7, 11) is 0. The van der Waals surface area contributed by atoms with Crippen molar-refractivity contribution in [3.05, 3.63) is 12.7 Å². The highest BCUT2D eigenvalue weighted by Gasteiger charge is 2.09. The van der Waals surface area contributed by atoms with Gasteiger partial charge in [0.05, 0.1) is 0 Å². The van der Waals surface area contributed by atoms with E-state index in [0.29, 0.717) is 25.9 Å². The lowest BCUT2D eigenvalue weighted by Crippen LogP contribution is -2.31. The molecule has 2 nitrogen and oxygen atoms in total. The summed E-state index contributed by atoms with van der Waals surface area (Å²) < 4.78 is 23.8. The molecular weight excluding hydrogens is 212 g/mol. The minimum atomic E-state index is -2.24. The molecule has 0 heterocycles. The number of hydrogen-bond donors (Lipinski definition) is 0. The largest absolute Gasteiger partial charge is 0.339 e. The number of unbranched alkanes of at least 4 members (excludes halogenated alkanes) is 2. The summed E-state index contributed by atoms with van der Waals surface area (Å²) in [5, 5.41) is 0. The zero-order valence-corrected chi connectivity index (χ0v) is 9.92. The van der Waals surface area contributed by atoms with Crippen LogP contribution in [0.1, 0.15) is 39.0 Å². The van der Waals surface area contributed by atoms with Crippen molar-refractivity contribution in [2.24, 2.45) is 0 Å². The minimum absolute atomic E-state index is 0.0795. The van der Waals surface area contributed by atoms with Crippen LogP contribution in [0.15, 0.2) is 12.7 Å². The number of alkyl halides is 2. The highest BCUT2D eigenvalue weighted by atomic mass is 19.3. The zero-order chi connectivity index (χ0) is 12.4. The topological polar surface area (TPSA) is 20.3 Å². The van der Waals surface area contributed by atoms with Gasteiger partial charge in [0.25, 0.3) is 0 Å². The van der Waals surface area contributed by atoms with Crippen LogP contribution in [0.2, 0.25) is 0 Å². The van der Waals surface area contributed by atoms with E-state index < -0.39 is 6.43 Å². The maximum absolute atomic E-state index is 11.9. The Hall–Kier alpha value is -0.930. The highest BCUT2D eigenvalue weighted by molar-refractivity contribution is 5.86. The van der Waals surface area contributed by atoms with Crippen LogP contribution in [0.25, 0.3) is 0 Å². The van der Waals surface area contributed by atoms with E-state index in [4.69, 9.17) is 0 Å². The molecule has 0 aromatic rings. The first-order chi connectivity index (χ1) is 7.61. The third-order valence-corrected chi connectivity index (χ3v) is 2.37. The molecule has 0 unspecified atom stereocenters. The fourth-order valence-electron chi connectivity index (χ4n) is 1.41. The maximum Gasteiger partial charge on any atom is 0.245 e. The van der Waals surface area contributed by atoms with Gasteiger partial charge in [-0.05, 0) is 25.3 Å². The highest BCUT2D eigenvalue weighted by Crippen LogP contribution is 2.07. The molecule has 0 saturated heterocycles. The van der Waals surface area contributed by atoms with Gasteiger partial charge in [-0.2, -0.15) is 0 Å². The number of carbonyl (C=O) groups is 1. The van der Waals surface area contributed by atoms with Gasteiger partial charge in [-0.1, -0.05) is 19.9 Å². The SMILES string of the molecule is C=CC(=O)N(CCCC)CCCCC(F)F. The van der Waals surface area contributed by atoms with Crippen molar-refractivity contribution in [3.8, 4) is 0 Å². The lowest BCUT2D eigenvalue weighted by molar-refractivity contribution is -0.126. The molecule has 0 aliphatic rings. The Morgan fingerprint density at radius 1 is 1.31 bits per heavy atom. The van der Waals surface area contributed by atoms with Crippen LogP contribution in [0, 0.1) is 0 Å². The van der Waals surface area contributed by atoms with E-state index in [9.17, 15) is 13.6 Å². The summed E-state index contributed by atoms with van der Waals surface area (Å²) in [6, 6.07) is 0. The van der Waals surface area contributed by atoms with Crippen LogP contribution >= 0.6 is 0 Å². The van der Waals surface area contributed by atoms with Gasteiger partial charge < -0.3 is 4.90 Å². The summed E-state index contributed by atoms with van der Waals surface area (Å²) in [6.07, 6.45) is 2.01. The first-order valence-corrected chi connectivity index (χ1v) is 5.81. The Balaban J connectivity index is 3.82. The molecule has 0 N–H and O–H groups in total. The average molecular weight is 233 g/mol. The summed E-state index contributed by atoms with van der Waals surface area (Å²) in [4.78, 5) is 13.1. The van der Waals surface area contributed by atoms with Crippen LogP contribution in [-0.2, 0) is 4.79 Å². The molecule has 0 aliphatic carbocycles. The fraction of sp³-hybridized carbons (Fsp3) is 0.750.